The first-order valence-electron chi connectivity index (χ1n) is 6.29. The lowest BCUT2D eigenvalue weighted by Gasteiger charge is -2.05. The Morgan fingerprint density at radius 3 is 3.00 bits per heavy atom. The number of aryl methyl sites for hydroxylation is 1. The van der Waals surface area contributed by atoms with E-state index in [1.54, 1.807) is 10.9 Å². The fourth-order valence-electron chi connectivity index (χ4n) is 1.81. The van der Waals surface area contributed by atoms with Crippen molar-refractivity contribution in [2.24, 2.45) is 0 Å². The molecule has 6 nitrogen and oxygen atoms in total. The molecule has 20 heavy (non-hydrogen) atoms. The van der Waals surface area contributed by atoms with Crippen molar-refractivity contribution in [3.63, 3.8) is 0 Å². The van der Waals surface area contributed by atoms with Gasteiger partial charge in [0.25, 0.3) is 5.69 Å². The van der Waals surface area contributed by atoms with Crippen LogP contribution in [0.15, 0.2) is 30.6 Å². The molecule has 0 saturated heterocycles. The second kappa shape index (κ2) is 6.14. The number of non-ortho nitro benzene ring substituents is 1. The second-order valence-electron chi connectivity index (χ2n) is 4.39. The molecule has 0 amide bonds. The molecule has 0 spiro atoms. The average molecular weight is 278 g/mol. The second-order valence-corrected chi connectivity index (χ2v) is 4.39. The number of halogens is 1. The lowest BCUT2D eigenvalue weighted by atomic mass is 10.2. The molecule has 0 aliphatic carbocycles. The minimum absolute atomic E-state index is 0.113. The van der Waals surface area contributed by atoms with Crippen molar-refractivity contribution in [1.29, 1.82) is 0 Å². The summed E-state index contributed by atoms with van der Waals surface area (Å²) < 4.78 is 15.4. The number of anilines is 1. The van der Waals surface area contributed by atoms with E-state index in [0.717, 1.165) is 30.7 Å². The Hall–Kier alpha value is -2.44. The van der Waals surface area contributed by atoms with Gasteiger partial charge in [-0.25, -0.2) is 4.39 Å². The van der Waals surface area contributed by atoms with Crippen LogP contribution in [0.5, 0.6) is 0 Å². The van der Waals surface area contributed by atoms with Gasteiger partial charge in [-0.15, -0.1) is 0 Å². The maximum atomic E-state index is 13.6. The van der Waals surface area contributed by atoms with E-state index in [2.05, 4.69) is 17.3 Å². The number of hydrogen-bond acceptors (Lipinski definition) is 4. The predicted molar refractivity (Wildman–Crippen MR) is 72.9 cm³/mol. The third-order valence-electron chi connectivity index (χ3n) is 2.78. The molecular formula is C13H15FN4O2. The standard InChI is InChI=1S/C13H15FN4O2/c1-2-5-17-9-10(8-16-17)7-15-13-6-11(18(19)20)3-4-12(13)14/h3-4,6,8-9,15H,2,5,7H2,1H3. The Bertz CT molecular complexity index is 612. The third kappa shape index (κ3) is 3.31. The Balaban J connectivity index is 2.05. The third-order valence-corrected chi connectivity index (χ3v) is 2.78. The highest BCUT2D eigenvalue weighted by molar-refractivity contribution is 5.52. The Morgan fingerprint density at radius 2 is 2.30 bits per heavy atom. The number of rotatable bonds is 6. The smallest absolute Gasteiger partial charge is 0.271 e. The summed E-state index contributed by atoms with van der Waals surface area (Å²) in [5.74, 6) is -0.517. The maximum Gasteiger partial charge on any atom is 0.271 e. The zero-order valence-electron chi connectivity index (χ0n) is 11.0. The topological polar surface area (TPSA) is 73.0 Å². The van der Waals surface area contributed by atoms with E-state index in [0.29, 0.717) is 6.54 Å². The fraction of sp³-hybridized carbons (Fsp3) is 0.308. The molecule has 0 atom stereocenters. The molecular weight excluding hydrogens is 263 g/mol. The van der Waals surface area contributed by atoms with Crippen LogP contribution in [0.25, 0.3) is 0 Å². The summed E-state index contributed by atoms with van der Waals surface area (Å²) in [7, 11) is 0. The van der Waals surface area contributed by atoms with Crippen LogP contribution in [-0.4, -0.2) is 14.7 Å². The van der Waals surface area contributed by atoms with E-state index in [9.17, 15) is 14.5 Å². The molecule has 106 valence electrons. The van der Waals surface area contributed by atoms with Gasteiger partial charge in [0.1, 0.15) is 5.82 Å². The van der Waals surface area contributed by atoms with Gasteiger partial charge in [-0.1, -0.05) is 6.92 Å². The first-order valence-corrected chi connectivity index (χ1v) is 6.29. The van der Waals surface area contributed by atoms with Crippen LogP contribution in [0.4, 0.5) is 15.8 Å². The molecule has 1 aromatic carbocycles. The van der Waals surface area contributed by atoms with Crippen LogP contribution in [0.2, 0.25) is 0 Å². The SMILES string of the molecule is CCCn1cc(CNc2cc([N+](=O)[O-])ccc2F)cn1. The molecule has 0 aliphatic heterocycles. The summed E-state index contributed by atoms with van der Waals surface area (Å²) in [6.45, 7) is 3.24. The van der Waals surface area contributed by atoms with Gasteiger partial charge in [-0.05, 0) is 12.5 Å². The number of hydrogen-bond donors (Lipinski definition) is 1. The van der Waals surface area contributed by atoms with Crippen molar-refractivity contribution in [1.82, 2.24) is 9.78 Å². The van der Waals surface area contributed by atoms with Crippen LogP contribution in [0.1, 0.15) is 18.9 Å². The molecule has 0 radical (unpaired) electrons. The summed E-state index contributed by atoms with van der Waals surface area (Å²) in [6, 6.07) is 3.41. The van der Waals surface area contributed by atoms with Crippen molar-refractivity contribution in [2.45, 2.75) is 26.4 Å². The predicted octanol–water partition coefficient (Wildman–Crippen LogP) is 2.95. The van der Waals surface area contributed by atoms with E-state index in [4.69, 9.17) is 0 Å². The van der Waals surface area contributed by atoms with Gasteiger partial charge >= 0.3 is 0 Å². The van der Waals surface area contributed by atoms with E-state index >= 15 is 0 Å². The number of nitrogens with one attached hydrogen (secondary N) is 1. The average Bonchev–Trinajstić information content (AvgIpc) is 2.86. The first-order chi connectivity index (χ1) is 9.60. The number of nitrogens with zero attached hydrogens (tertiary/aromatic N) is 3. The van der Waals surface area contributed by atoms with Crippen molar-refractivity contribution >= 4 is 11.4 Å². The molecule has 1 aromatic heterocycles. The van der Waals surface area contributed by atoms with E-state index in [1.165, 1.54) is 6.07 Å². The quantitative estimate of drug-likeness (QED) is 0.651. The zero-order valence-corrected chi connectivity index (χ0v) is 11.0. The summed E-state index contributed by atoms with van der Waals surface area (Å²) in [6.07, 6.45) is 4.54. The number of benzene rings is 1. The van der Waals surface area contributed by atoms with Crippen molar-refractivity contribution in [2.75, 3.05) is 5.32 Å². The Kier molecular flexibility index (Phi) is 4.29. The summed E-state index contributed by atoms with van der Waals surface area (Å²) in [5.41, 5.74) is 0.863. The number of aromatic nitrogens is 2. The molecule has 0 bridgehead atoms. The van der Waals surface area contributed by atoms with E-state index in [1.807, 2.05) is 6.20 Å². The van der Waals surface area contributed by atoms with Crippen LogP contribution >= 0.6 is 0 Å². The minimum Gasteiger partial charge on any atom is -0.378 e. The molecule has 0 aliphatic rings. The number of nitro groups is 1. The minimum atomic E-state index is -0.552. The van der Waals surface area contributed by atoms with Gasteiger partial charge in [0.2, 0.25) is 0 Å². The van der Waals surface area contributed by atoms with Gasteiger partial charge in [-0.2, -0.15) is 5.10 Å². The number of nitro benzene ring substituents is 1. The molecule has 0 fully saturated rings. The van der Waals surface area contributed by atoms with Gasteiger partial charge < -0.3 is 5.32 Å². The van der Waals surface area contributed by atoms with Crippen molar-refractivity contribution < 1.29 is 9.31 Å². The fourth-order valence-corrected chi connectivity index (χ4v) is 1.81. The molecule has 0 saturated carbocycles. The zero-order chi connectivity index (χ0) is 14.5. The van der Waals surface area contributed by atoms with Gasteiger partial charge in [0.15, 0.2) is 0 Å². The van der Waals surface area contributed by atoms with Crippen molar-refractivity contribution in [3.8, 4) is 0 Å². The molecule has 7 heteroatoms. The van der Waals surface area contributed by atoms with Crippen LogP contribution in [0.3, 0.4) is 0 Å². The van der Waals surface area contributed by atoms with Gasteiger partial charge in [0.05, 0.1) is 16.8 Å². The van der Waals surface area contributed by atoms with Gasteiger partial charge in [-0.3, -0.25) is 14.8 Å². The highest BCUT2D eigenvalue weighted by atomic mass is 19.1. The summed E-state index contributed by atoms with van der Waals surface area (Å²) in [4.78, 5) is 10.1. The molecule has 1 N–H and O–H groups in total. The van der Waals surface area contributed by atoms with Gasteiger partial charge in [0, 0.05) is 37.0 Å². The first kappa shape index (κ1) is 14.0. The summed E-state index contributed by atoms with van der Waals surface area (Å²) in [5, 5.41) is 17.7. The molecule has 2 aromatic rings. The molecule has 2 rings (SSSR count). The van der Waals surface area contributed by atoms with E-state index in [-0.39, 0.29) is 11.4 Å². The van der Waals surface area contributed by atoms with Crippen LogP contribution in [-0.2, 0) is 13.1 Å². The lowest BCUT2D eigenvalue weighted by molar-refractivity contribution is -0.384. The normalized spacial score (nSPS) is 10.5. The molecule has 0 unspecified atom stereocenters. The van der Waals surface area contributed by atoms with Crippen molar-refractivity contribution in [3.05, 3.63) is 52.1 Å². The lowest BCUT2D eigenvalue weighted by Crippen LogP contribution is -2.02. The molecule has 1 heterocycles. The van der Waals surface area contributed by atoms with Crippen LogP contribution < -0.4 is 5.32 Å². The van der Waals surface area contributed by atoms with E-state index < -0.39 is 10.7 Å². The highest BCUT2D eigenvalue weighted by Gasteiger charge is 2.10. The monoisotopic (exact) mass is 278 g/mol. The summed E-state index contributed by atoms with van der Waals surface area (Å²) >= 11 is 0. The highest BCUT2D eigenvalue weighted by Crippen LogP contribution is 2.21. The Morgan fingerprint density at radius 1 is 1.50 bits per heavy atom. The Labute approximate surface area is 115 Å². The van der Waals surface area contributed by atoms with Crippen LogP contribution in [0, 0.1) is 15.9 Å². The largest absolute Gasteiger partial charge is 0.378 e. The maximum absolute atomic E-state index is 13.6.